The van der Waals surface area contributed by atoms with Gasteiger partial charge in [-0.15, -0.1) is 11.3 Å². The van der Waals surface area contributed by atoms with Crippen LogP contribution < -0.4 is 4.74 Å². The van der Waals surface area contributed by atoms with Gasteiger partial charge >= 0.3 is 0 Å². The van der Waals surface area contributed by atoms with Gasteiger partial charge in [0, 0.05) is 37.1 Å². The Morgan fingerprint density at radius 3 is 2.44 bits per heavy atom. The van der Waals surface area contributed by atoms with Gasteiger partial charge in [-0.3, -0.25) is 4.79 Å². The van der Waals surface area contributed by atoms with Gasteiger partial charge in [-0.25, -0.2) is 13.4 Å². The fraction of sp³-hybridized carbons (Fsp3) is 0.444. The third-order valence-electron chi connectivity index (χ3n) is 4.36. The zero-order valence-electron chi connectivity index (χ0n) is 15.4. The van der Waals surface area contributed by atoms with E-state index in [-0.39, 0.29) is 12.3 Å². The highest BCUT2D eigenvalue weighted by atomic mass is 32.2. The average molecular weight is 410 g/mol. The maximum absolute atomic E-state index is 12.5. The van der Waals surface area contributed by atoms with Crippen molar-refractivity contribution >= 4 is 27.3 Å². The van der Waals surface area contributed by atoms with Crippen LogP contribution in [-0.2, 0) is 21.2 Å². The van der Waals surface area contributed by atoms with Gasteiger partial charge in [0.05, 0.1) is 25.0 Å². The smallest absolute Gasteiger partial charge is 0.228 e. The minimum Gasteiger partial charge on any atom is -0.494 e. The Labute approximate surface area is 163 Å². The van der Waals surface area contributed by atoms with Crippen LogP contribution in [0.5, 0.6) is 5.75 Å². The molecular weight excluding hydrogens is 386 g/mol. The predicted molar refractivity (Wildman–Crippen MR) is 105 cm³/mol. The molecule has 0 unspecified atom stereocenters. The lowest BCUT2D eigenvalue weighted by Gasteiger charge is -2.33. The summed E-state index contributed by atoms with van der Waals surface area (Å²) in [6.07, 6.45) is 1.43. The van der Waals surface area contributed by atoms with Gasteiger partial charge < -0.3 is 9.64 Å². The van der Waals surface area contributed by atoms with Crippen LogP contribution in [0, 0.1) is 0 Å². The highest BCUT2D eigenvalue weighted by molar-refractivity contribution is 7.88. The lowest BCUT2D eigenvalue weighted by Crippen LogP contribution is -2.50. The highest BCUT2D eigenvalue weighted by Gasteiger charge is 2.26. The summed E-state index contributed by atoms with van der Waals surface area (Å²) >= 11 is 1.50. The van der Waals surface area contributed by atoms with Crippen LogP contribution in [0.3, 0.4) is 0 Å². The molecule has 1 aliphatic heterocycles. The Balaban J connectivity index is 1.58. The second-order valence-electron chi connectivity index (χ2n) is 6.32. The molecular formula is C18H23N3O4S2. The Kier molecular flexibility index (Phi) is 6.13. The van der Waals surface area contributed by atoms with E-state index in [1.807, 2.05) is 36.6 Å². The van der Waals surface area contributed by atoms with E-state index in [0.29, 0.717) is 32.8 Å². The summed E-state index contributed by atoms with van der Waals surface area (Å²) < 4.78 is 30.0. The second kappa shape index (κ2) is 8.37. The second-order valence-corrected chi connectivity index (χ2v) is 9.16. The van der Waals surface area contributed by atoms with Crippen LogP contribution in [0.4, 0.5) is 0 Å². The fourth-order valence-corrected chi connectivity index (χ4v) is 4.57. The number of hydrogen-bond donors (Lipinski definition) is 0. The molecule has 1 saturated heterocycles. The Morgan fingerprint density at radius 2 is 1.85 bits per heavy atom. The lowest BCUT2D eigenvalue weighted by molar-refractivity contribution is -0.131. The molecule has 27 heavy (non-hydrogen) atoms. The number of rotatable bonds is 6. The van der Waals surface area contributed by atoms with E-state index in [1.165, 1.54) is 21.9 Å². The molecule has 0 aliphatic carbocycles. The molecule has 1 aromatic carbocycles. The van der Waals surface area contributed by atoms with E-state index in [4.69, 9.17) is 4.74 Å². The number of ether oxygens (including phenoxy) is 1. The number of carbonyl (C=O) groups excluding carboxylic acids is 1. The number of sulfonamides is 1. The number of thiazole rings is 1. The molecule has 0 bridgehead atoms. The molecule has 2 aromatic rings. The van der Waals surface area contributed by atoms with Crippen LogP contribution >= 0.6 is 11.3 Å². The molecule has 0 atom stereocenters. The van der Waals surface area contributed by atoms with E-state index in [0.717, 1.165) is 22.0 Å². The van der Waals surface area contributed by atoms with Gasteiger partial charge in [0.25, 0.3) is 0 Å². The molecule has 0 saturated carbocycles. The van der Waals surface area contributed by atoms with Crippen molar-refractivity contribution < 1.29 is 17.9 Å². The van der Waals surface area contributed by atoms with Crippen LogP contribution in [0.25, 0.3) is 10.6 Å². The molecule has 0 spiro atoms. The molecule has 0 N–H and O–H groups in total. The summed E-state index contributed by atoms with van der Waals surface area (Å²) in [5, 5.41) is 2.76. The Morgan fingerprint density at radius 1 is 1.19 bits per heavy atom. The zero-order chi connectivity index (χ0) is 19.4. The van der Waals surface area contributed by atoms with Gasteiger partial charge in [-0.1, -0.05) is 0 Å². The van der Waals surface area contributed by atoms with Crippen LogP contribution in [0.1, 0.15) is 12.6 Å². The zero-order valence-corrected chi connectivity index (χ0v) is 17.1. The third kappa shape index (κ3) is 5.06. The van der Waals surface area contributed by atoms with Crippen molar-refractivity contribution in [2.24, 2.45) is 0 Å². The number of benzene rings is 1. The van der Waals surface area contributed by atoms with Gasteiger partial charge in [-0.2, -0.15) is 4.31 Å². The molecule has 1 fully saturated rings. The number of piperazine rings is 1. The van der Waals surface area contributed by atoms with Crippen molar-refractivity contribution in [3.63, 3.8) is 0 Å². The Hall–Kier alpha value is -1.97. The molecule has 9 heteroatoms. The van der Waals surface area contributed by atoms with Gasteiger partial charge in [-0.05, 0) is 31.2 Å². The van der Waals surface area contributed by atoms with Crippen molar-refractivity contribution in [3.05, 3.63) is 35.3 Å². The Bertz CT molecular complexity index is 886. The minimum absolute atomic E-state index is 0.0216. The van der Waals surface area contributed by atoms with Crippen molar-refractivity contribution in [1.82, 2.24) is 14.2 Å². The molecule has 1 aromatic heterocycles. The average Bonchev–Trinajstić information content (AvgIpc) is 3.10. The van der Waals surface area contributed by atoms with E-state index in [9.17, 15) is 13.2 Å². The quantitative estimate of drug-likeness (QED) is 0.728. The normalized spacial score (nSPS) is 15.7. The summed E-state index contributed by atoms with van der Waals surface area (Å²) in [6, 6.07) is 7.73. The summed E-state index contributed by atoms with van der Waals surface area (Å²) in [5.41, 5.74) is 1.73. The number of amides is 1. The molecule has 3 rings (SSSR count). The van der Waals surface area contributed by atoms with Crippen molar-refractivity contribution in [2.45, 2.75) is 13.3 Å². The number of aromatic nitrogens is 1. The SMILES string of the molecule is CCOc1ccc(-c2nc(CC(=O)N3CCN(S(C)(=O)=O)CC3)cs2)cc1. The van der Waals surface area contributed by atoms with E-state index in [2.05, 4.69) is 4.98 Å². The number of carbonyl (C=O) groups is 1. The number of nitrogens with zero attached hydrogens (tertiary/aromatic N) is 3. The maximum Gasteiger partial charge on any atom is 0.228 e. The van der Waals surface area contributed by atoms with Gasteiger partial charge in [0.2, 0.25) is 15.9 Å². The lowest BCUT2D eigenvalue weighted by atomic mass is 10.2. The first-order chi connectivity index (χ1) is 12.9. The monoisotopic (exact) mass is 409 g/mol. The van der Waals surface area contributed by atoms with Crippen LogP contribution in [0.15, 0.2) is 29.6 Å². The number of hydrogen-bond acceptors (Lipinski definition) is 6. The topological polar surface area (TPSA) is 79.8 Å². The largest absolute Gasteiger partial charge is 0.494 e. The molecule has 1 aliphatic rings. The van der Waals surface area contributed by atoms with E-state index >= 15 is 0 Å². The van der Waals surface area contributed by atoms with Crippen LogP contribution in [-0.4, -0.2) is 67.6 Å². The van der Waals surface area contributed by atoms with Crippen LogP contribution in [0.2, 0.25) is 0 Å². The van der Waals surface area contributed by atoms with Crippen molar-refractivity contribution in [3.8, 4) is 16.3 Å². The van der Waals surface area contributed by atoms with Gasteiger partial charge in [0.15, 0.2) is 0 Å². The highest BCUT2D eigenvalue weighted by Crippen LogP contribution is 2.26. The first-order valence-electron chi connectivity index (χ1n) is 8.77. The third-order valence-corrected chi connectivity index (χ3v) is 6.60. The molecule has 0 radical (unpaired) electrons. The van der Waals surface area contributed by atoms with E-state index < -0.39 is 10.0 Å². The summed E-state index contributed by atoms with van der Waals surface area (Å²) in [5.74, 6) is 0.799. The first-order valence-corrected chi connectivity index (χ1v) is 11.5. The summed E-state index contributed by atoms with van der Waals surface area (Å²) in [4.78, 5) is 18.8. The van der Waals surface area contributed by atoms with Gasteiger partial charge in [0.1, 0.15) is 10.8 Å². The minimum atomic E-state index is -3.19. The fourth-order valence-electron chi connectivity index (χ4n) is 2.92. The summed E-state index contributed by atoms with van der Waals surface area (Å²) in [7, 11) is -3.19. The maximum atomic E-state index is 12.5. The first kappa shape index (κ1) is 19.8. The predicted octanol–water partition coefficient (Wildman–Crippen LogP) is 1.86. The van der Waals surface area contributed by atoms with Crippen molar-refractivity contribution in [2.75, 3.05) is 39.0 Å². The molecule has 2 heterocycles. The van der Waals surface area contributed by atoms with Crippen molar-refractivity contribution in [1.29, 1.82) is 0 Å². The summed E-state index contributed by atoms with van der Waals surface area (Å²) in [6.45, 7) is 4.10. The standard InChI is InChI=1S/C18H23N3O4S2/c1-3-25-16-6-4-14(5-7-16)18-19-15(13-26-18)12-17(22)20-8-10-21(11-9-20)27(2,23)24/h4-7,13H,3,8-12H2,1-2H3. The molecule has 146 valence electrons. The van der Waals surface area contributed by atoms with E-state index in [1.54, 1.807) is 4.90 Å². The molecule has 1 amide bonds. The molecule has 7 nitrogen and oxygen atoms in total.